The van der Waals surface area contributed by atoms with Gasteiger partial charge < -0.3 is 10.5 Å². The summed E-state index contributed by atoms with van der Waals surface area (Å²) in [7, 11) is 0. The zero-order chi connectivity index (χ0) is 21.3. The van der Waals surface area contributed by atoms with Gasteiger partial charge in [-0.3, -0.25) is 9.36 Å². The van der Waals surface area contributed by atoms with Crippen molar-refractivity contribution < 1.29 is 9.53 Å². The van der Waals surface area contributed by atoms with E-state index < -0.39 is 12.0 Å². The van der Waals surface area contributed by atoms with Crippen molar-refractivity contribution in [1.82, 2.24) is 4.57 Å². The number of nitrogens with two attached hydrogens (primary N) is 1. The summed E-state index contributed by atoms with van der Waals surface area (Å²) < 4.78 is 7.41. The minimum Gasteiger partial charge on any atom is -0.463 e. The van der Waals surface area contributed by atoms with E-state index in [1.165, 1.54) is 11.3 Å². The van der Waals surface area contributed by atoms with Crippen LogP contribution in [-0.4, -0.2) is 17.1 Å². The van der Waals surface area contributed by atoms with Gasteiger partial charge in [-0.05, 0) is 43.2 Å². The van der Waals surface area contributed by atoms with Gasteiger partial charge in [0, 0.05) is 5.69 Å². The summed E-state index contributed by atoms with van der Waals surface area (Å²) in [6.45, 7) is 3.76. The van der Waals surface area contributed by atoms with Gasteiger partial charge >= 0.3 is 5.97 Å². The van der Waals surface area contributed by atoms with E-state index in [0.29, 0.717) is 26.3 Å². The third-order valence-electron chi connectivity index (χ3n) is 4.87. The summed E-state index contributed by atoms with van der Waals surface area (Å²) in [6, 6.07) is 16.2. The average Bonchev–Trinajstić information content (AvgIpc) is 3.03. The standard InChI is InChI=1S/C23H21N3O3S/c1-3-29-22(28)19-14(2)25-23-26(20(19)16-9-11-17(24)12-10-16)21(27)18(30-23)13-15-7-5-4-6-8-15/h4-13,20H,3,24H2,1-2H3/b18-13-. The highest BCUT2D eigenvalue weighted by molar-refractivity contribution is 7.07. The highest BCUT2D eigenvalue weighted by Gasteiger charge is 2.33. The predicted octanol–water partition coefficient (Wildman–Crippen LogP) is 2.38. The second-order valence-corrected chi connectivity index (χ2v) is 7.89. The summed E-state index contributed by atoms with van der Waals surface area (Å²) >= 11 is 1.31. The lowest BCUT2D eigenvalue weighted by atomic mass is 9.96. The molecule has 30 heavy (non-hydrogen) atoms. The molecule has 0 radical (unpaired) electrons. The molecule has 2 heterocycles. The number of allylic oxidation sites excluding steroid dienone is 1. The first-order chi connectivity index (χ1) is 14.5. The fraction of sp³-hybridized carbons (Fsp3) is 0.174. The monoisotopic (exact) mass is 419 g/mol. The molecule has 1 aliphatic rings. The molecule has 0 fully saturated rings. The van der Waals surface area contributed by atoms with Crippen LogP contribution in [0, 0.1) is 0 Å². The summed E-state index contributed by atoms with van der Waals surface area (Å²) in [5.74, 6) is -0.474. The molecule has 0 amide bonds. The van der Waals surface area contributed by atoms with Crippen molar-refractivity contribution in [2.45, 2.75) is 19.9 Å². The van der Waals surface area contributed by atoms with Crippen LogP contribution in [-0.2, 0) is 9.53 Å². The van der Waals surface area contributed by atoms with Crippen LogP contribution >= 0.6 is 11.3 Å². The zero-order valence-corrected chi connectivity index (χ0v) is 17.5. The Morgan fingerprint density at radius 3 is 2.57 bits per heavy atom. The average molecular weight is 420 g/mol. The highest BCUT2D eigenvalue weighted by Crippen LogP contribution is 2.31. The number of carbonyl (C=O) groups excluding carboxylic acids is 1. The first-order valence-corrected chi connectivity index (χ1v) is 10.4. The lowest BCUT2D eigenvalue weighted by molar-refractivity contribution is -0.139. The SMILES string of the molecule is CCOC(=O)C1=C(C)N=c2s/c(=C\c3ccccc3)c(=O)n2C1c1ccc(N)cc1. The number of ether oxygens (including phenoxy) is 1. The number of benzene rings is 2. The van der Waals surface area contributed by atoms with Crippen molar-refractivity contribution in [2.75, 3.05) is 12.3 Å². The van der Waals surface area contributed by atoms with Gasteiger partial charge in [0.15, 0.2) is 4.80 Å². The lowest BCUT2D eigenvalue weighted by Crippen LogP contribution is -2.39. The number of hydrogen-bond acceptors (Lipinski definition) is 6. The van der Waals surface area contributed by atoms with E-state index in [1.807, 2.05) is 48.5 Å². The van der Waals surface area contributed by atoms with Crippen molar-refractivity contribution >= 4 is 29.1 Å². The van der Waals surface area contributed by atoms with Crippen LogP contribution in [0.2, 0.25) is 0 Å². The number of esters is 1. The Balaban J connectivity index is 1.96. The van der Waals surface area contributed by atoms with Gasteiger partial charge in [-0.1, -0.05) is 53.8 Å². The number of fused-ring (bicyclic) bond motifs is 1. The molecule has 0 saturated carbocycles. The second-order valence-electron chi connectivity index (χ2n) is 6.88. The minimum atomic E-state index is -0.626. The maximum absolute atomic E-state index is 13.4. The molecule has 3 aromatic rings. The minimum absolute atomic E-state index is 0.196. The lowest BCUT2D eigenvalue weighted by Gasteiger charge is -2.24. The molecule has 2 N–H and O–H groups in total. The number of carbonyl (C=O) groups is 1. The fourth-order valence-corrected chi connectivity index (χ4v) is 4.53. The molecule has 1 aliphatic heterocycles. The van der Waals surface area contributed by atoms with Gasteiger partial charge in [-0.2, -0.15) is 0 Å². The first kappa shape index (κ1) is 19.8. The van der Waals surface area contributed by atoms with E-state index in [9.17, 15) is 9.59 Å². The molecule has 0 saturated heterocycles. The number of thiazole rings is 1. The Morgan fingerprint density at radius 2 is 1.90 bits per heavy atom. The Kier molecular flexibility index (Phi) is 5.37. The first-order valence-electron chi connectivity index (χ1n) is 9.59. The quantitative estimate of drug-likeness (QED) is 0.520. The van der Waals surface area contributed by atoms with Gasteiger partial charge in [0.2, 0.25) is 0 Å². The summed E-state index contributed by atoms with van der Waals surface area (Å²) in [5, 5.41) is 0. The summed E-state index contributed by atoms with van der Waals surface area (Å²) in [6.07, 6.45) is 1.84. The molecular formula is C23H21N3O3S. The number of nitrogen functional groups attached to an aromatic ring is 1. The van der Waals surface area contributed by atoms with Crippen molar-refractivity contribution in [3.63, 3.8) is 0 Å². The molecule has 1 unspecified atom stereocenters. The maximum atomic E-state index is 13.4. The number of rotatable bonds is 4. The van der Waals surface area contributed by atoms with Crippen molar-refractivity contribution in [1.29, 1.82) is 0 Å². The number of hydrogen-bond donors (Lipinski definition) is 1. The molecule has 1 atom stereocenters. The van der Waals surface area contributed by atoms with Gasteiger partial charge in [0.05, 0.1) is 28.5 Å². The van der Waals surface area contributed by atoms with Gasteiger partial charge in [-0.15, -0.1) is 0 Å². The normalized spacial score (nSPS) is 16.2. The Labute approximate surface area is 177 Å². The number of anilines is 1. The van der Waals surface area contributed by atoms with Crippen LogP contribution in [0.5, 0.6) is 0 Å². The van der Waals surface area contributed by atoms with Crippen LogP contribution in [0.1, 0.15) is 31.0 Å². The molecule has 0 bridgehead atoms. The van der Waals surface area contributed by atoms with Crippen LogP contribution in [0.4, 0.5) is 5.69 Å². The topological polar surface area (TPSA) is 86.7 Å². The zero-order valence-electron chi connectivity index (χ0n) is 16.7. The predicted molar refractivity (Wildman–Crippen MR) is 118 cm³/mol. The molecule has 152 valence electrons. The summed E-state index contributed by atoms with van der Waals surface area (Å²) in [4.78, 5) is 31.3. The molecule has 6 nitrogen and oxygen atoms in total. The molecule has 2 aromatic carbocycles. The Hall–Kier alpha value is -3.45. The van der Waals surface area contributed by atoms with Gasteiger partial charge in [0.1, 0.15) is 0 Å². The van der Waals surface area contributed by atoms with E-state index in [2.05, 4.69) is 4.99 Å². The van der Waals surface area contributed by atoms with E-state index in [4.69, 9.17) is 10.5 Å². The third-order valence-corrected chi connectivity index (χ3v) is 5.85. The van der Waals surface area contributed by atoms with Crippen molar-refractivity contribution in [3.8, 4) is 0 Å². The highest BCUT2D eigenvalue weighted by atomic mass is 32.1. The third kappa shape index (κ3) is 3.59. The Bertz CT molecular complexity index is 1300. The van der Waals surface area contributed by atoms with Gasteiger partial charge in [0.25, 0.3) is 5.56 Å². The van der Waals surface area contributed by atoms with Crippen molar-refractivity contribution in [3.05, 3.63) is 96.7 Å². The van der Waals surface area contributed by atoms with Crippen LogP contribution in [0.3, 0.4) is 0 Å². The number of nitrogens with zero attached hydrogens (tertiary/aromatic N) is 2. The molecule has 1 aromatic heterocycles. The van der Waals surface area contributed by atoms with Gasteiger partial charge in [-0.25, -0.2) is 9.79 Å². The van der Waals surface area contributed by atoms with Crippen molar-refractivity contribution in [2.24, 2.45) is 4.99 Å². The van der Waals surface area contributed by atoms with E-state index >= 15 is 0 Å². The number of aromatic nitrogens is 1. The van der Waals surface area contributed by atoms with E-state index in [0.717, 1.165) is 11.1 Å². The molecule has 7 heteroatoms. The largest absolute Gasteiger partial charge is 0.463 e. The van der Waals surface area contributed by atoms with Crippen LogP contribution < -0.4 is 20.6 Å². The Morgan fingerprint density at radius 1 is 1.20 bits per heavy atom. The van der Waals surface area contributed by atoms with E-state index in [-0.39, 0.29) is 12.2 Å². The smallest absolute Gasteiger partial charge is 0.338 e. The molecule has 4 rings (SSSR count). The second kappa shape index (κ2) is 8.12. The molecular weight excluding hydrogens is 398 g/mol. The van der Waals surface area contributed by atoms with Crippen LogP contribution in [0.15, 0.2) is 75.7 Å². The van der Waals surface area contributed by atoms with E-state index in [1.54, 1.807) is 30.5 Å². The molecule has 0 aliphatic carbocycles. The molecule has 0 spiro atoms. The summed E-state index contributed by atoms with van der Waals surface area (Å²) in [5.41, 5.74) is 8.86. The van der Waals surface area contributed by atoms with Crippen LogP contribution in [0.25, 0.3) is 6.08 Å². The maximum Gasteiger partial charge on any atom is 0.338 e. The fourth-order valence-electron chi connectivity index (χ4n) is 3.49.